The van der Waals surface area contributed by atoms with Gasteiger partial charge in [0, 0.05) is 32.8 Å². The van der Waals surface area contributed by atoms with Crippen molar-refractivity contribution in [2.75, 3.05) is 6.54 Å². The Hall–Kier alpha value is -3.04. The minimum absolute atomic E-state index is 0.114. The summed E-state index contributed by atoms with van der Waals surface area (Å²) in [6, 6.07) is 0.114. The van der Waals surface area contributed by atoms with Gasteiger partial charge in [0.15, 0.2) is 11.6 Å². The highest BCUT2D eigenvalue weighted by Crippen LogP contribution is 2.27. The first-order valence-corrected chi connectivity index (χ1v) is 8.65. The standard InChI is InChI=1S/C16H21N9O/c1-12-7-23(15(26)4-3-5-24-11-17-10-19-24)9-14-20-21-16(25(12)14)13-6-18-22(2)8-13/h6,8,10-12H,3-5,7,9H2,1-2H3/t12-/m0/s1. The fourth-order valence-electron chi connectivity index (χ4n) is 3.35. The Kier molecular flexibility index (Phi) is 4.23. The minimum Gasteiger partial charge on any atom is -0.333 e. The van der Waals surface area contributed by atoms with E-state index in [1.54, 1.807) is 21.9 Å². The fraction of sp³-hybridized carbons (Fsp3) is 0.500. The molecule has 0 saturated heterocycles. The molecule has 3 aromatic rings. The van der Waals surface area contributed by atoms with Crippen molar-refractivity contribution in [2.24, 2.45) is 7.05 Å². The number of carbonyl (C=O) groups is 1. The van der Waals surface area contributed by atoms with Gasteiger partial charge in [-0.05, 0) is 13.3 Å². The smallest absolute Gasteiger partial charge is 0.223 e. The van der Waals surface area contributed by atoms with Crippen LogP contribution in [-0.2, 0) is 24.9 Å². The molecule has 3 aromatic heterocycles. The van der Waals surface area contributed by atoms with Crippen LogP contribution in [0.3, 0.4) is 0 Å². The van der Waals surface area contributed by atoms with E-state index >= 15 is 0 Å². The summed E-state index contributed by atoms with van der Waals surface area (Å²) in [6.45, 7) is 3.91. The van der Waals surface area contributed by atoms with E-state index in [-0.39, 0.29) is 11.9 Å². The zero-order valence-corrected chi connectivity index (χ0v) is 14.9. The summed E-state index contributed by atoms with van der Waals surface area (Å²) >= 11 is 0. The molecule has 0 aromatic carbocycles. The lowest BCUT2D eigenvalue weighted by molar-refractivity contribution is -0.133. The lowest BCUT2D eigenvalue weighted by atomic mass is 10.2. The number of aromatic nitrogens is 8. The van der Waals surface area contributed by atoms with Crippen molar-refractivity contribution in [3.63, 3.8) is 0 Å². The van der Waals surface area contributed by atoms with Crippen LogP contribution in [0.2, 0.25) is 0 Å². The molecule has 26 heavy (non-hydrogen) atoms. The second-order valence-electron chi connectivity index (χ2n) is 6.60. The number of hydrogen-bond donors (Lipinski definition) is 0. The largest absolute Gasteiger partial charge is 0.333 e. The molecule has 0 radical (unpaired) electrons. The molecule has 0 spiro atoms. The molecular formula is C16H21N9O. The molecule has 0 fully saturated rings. The van der Waals surface area contributed by atoms with Gasteiger partial charge in [0.1, 0.15) is 12.7 Å². The Morgan fingerprint density at radius 2 is 2.19 bits per heavy atom. The third-order valence-corrected chi connectivity index (χ3v) is 4.58. The Morgan fingerprint density at radius 3 is 2.92 bits per heavy atom. The Labute approximate surface area is 150 Å². The van der Waals surface area contributed by atoms with Gasteiger partial charge >= 0.3 is 0 Å². The van der Waals surface area contributed by atoms with Gasteiger partial charge in [0.2, 0.25) is 5.91 Å². The number of amides is 1. The van der Waals surface area contributed by atoms with E-state index in [2.05, 4.69) is 36.9 Å². The lowest BCUT2D eigenvalue weighted by Crippen LogP contribution is -2.40. The highest BCUT2D eigenvalue weighted by Gasteiger charge is 2.29. The normalized spacial score (nSPS) is 16.7. The Bertz CT molecular complexity index is 895. The number of fused-ring (bicyclic) bond motifs is 1. The molecule has 1 amide bonds. The summed E-state index contributed by atoms with van der Waals surface area (Å²) in [5.41, 5.74) is 0.936. The van der Waals surface area contributed by atoms with E-state index in [0.717, 1.165) is 23.6 Å². The van der Waals surface area contributed by atoms with E-state index in [4.69, 9.17) is 0 Å². The maximum atomic E-state index is 12.6. The van der Waals surface area contributed by atoms with Crippen LogP contribution in [0.15, 0.2) is 25.0 Å². The van der Waals surface area contributed by atoms with Crippen molar-refractivity contribution < 1.29 is 4.79 Å². The third kappa shape index (κ3) is 3.09. The summed E-state index contributed by atoms with van der Waals surface area (Å²) in [6.07, 6.45) is 8.09. The molecule has 0 aliphatic carbocycles. The summed E-state index contributed by atoms with van der Waals surface area (Å²) in [7, 11) is 1.88. The van der Waals surface area contributed by atoms with E-state index in [1.807, 2.05) is 18.1 Å². The van der Waals surface area contributed by atoms with E-state index in [1.165, 1.54) is 6.33 Å². The summed E-state index contributed by atoms with van der Waals surface area (Å²) in [5.74, 6) is 1.75. The molecule has 1 aliphatic heterocycles. The van der Waals surface area contributed by atoms with Crippen LogP contribution in [0, 0.1) is 0 Å². The molecule has 10 heteroatoms. The number of rotatable bonds is 5. The van der Waals surface area contributed by atoms with Crippen LogP contribution in [0.4, 0.5) is 0 Å². The zero-order chi connectivity index (χ0) is 18.1. The first-order chi connectivity index (χ1) is 12.6. The van der Waals surface area contributed by atoms with E-state index < -0.39 is 0 Å². The maximum absolute atomic E-state index is 12.6. The molecule has 1 aliphatic rings. The predicted molar refractivity (Wildman–Crippen MR) is 91.6 cm³/mol. The van der Waals surface area contributed by atoms with Gasteiger partial charge in [-0.25, -0.2) is 4.98 Å². The molecule has 0 saturated carbocycles. The SMILES string of the molecule is C[C@H]1CN(C(=O)CCCn2cncn2)Cc2nnc(-c3cnn(C)c3)n21. The number of carbonyl (C=O) groups excluding carboxylic acids is 1. The Balaban J connectivity index is 1.43. The van der Waals surface area contributed by atoms with Crippen molar-refractivity contribution >= 4 is 5.91 Å². The second-order valence-corrected chi connectivity index (χ2v) is 6.60. The Morgan fingerprint density at radius 1 is 1.31 bits per heavy atom. The maximum Gasteiger partial charge on any atom is 0.223 e. The van der Waals surface area contributed by atoms with Crippen LogP contribution in [0.5, 0.6) is 0 Å². The average molecular weight is 355 g/mol. The van der Waals surface area contributed by atoms with Crippen molar-refractivity contribution in [1.29, 1.82) is 0 Å². The topological polar surface area (TPSA) is 99.6 Å². The number of hydrogen-bond acceptors (Lipinski definition) is 6. The highest BCUT2D eigenvalue weighted by atomic mass is 16.2. The molecule has 1 atom stereocenters. The van der Waals surface area contributed by atoms with Crippen LogP contribution in [0.25, 0.3) is 11.4 Å². The second kappa shape index (κ2) is 6.70. The minimum atomic E-state index is 0.114. The zero-order valence-electron chi connectivity index (χ0n) is 14.9. The van der Waals surface area contributed by atoms with Gasteiger partial charge in [-0.3, -0.25) is 14.2 Å². The summed E-state index contributed by atoms with van der Waals surface area (Å²) < 4.78 is 5.59. The molecular weight excluding hydrogens is 334 g/mol. The third-order valence-electron chi connectivity index (χ3n) is 4.58. The van der Waals surface area contributed by atoms with E-state index in [0.29, 0.717) is 26.1 Å². The van der Waals surface area contributed by atoms with Crippen LogP contribution < -0.4 is 0 Å². The fourth-order valence-corrected chi connectivity index (χ4v) is 3.35. The summed E-state index contributed by atoms with van der Waals surface area (Å²) in [5, 5.41) is 16.9. The van der Waals surface area contributed by atoms with Crippen molar-refractivity contribution in [3.05, 3.63) is 30.9 Å². The summed E-state index contributed by atoms with van der Waals surface area (Å²) in [4.78, 5) is 18.3. The monoisotopic (exact) mass is 355 g/mol. The lowest BCUT2D eigenvalue weighted by Gasteiger charge is -2.32. The first-order valence-electron chi connectivity index (χ1n) is 8.65. The quantitative estimate of drug-likeness (QED) is 0.666. The number of nitrogens with zero attached hydrogens (tertiary/aromatic N) is 9. The molecule has 4 rings (SSSR count). The molecule has 0 N–H and O–H groups in total. The van der Waals surface area contributed by atoms with Crippen LogP contribution in [-0.4, -0.2) is 56.7 Å². The predicted octanol–water partition coefficient (Wildman–Crippen LogP) is 0.654. The van der Waals surface area contributed by atoms with Crippen molar-refractivity contribution in [1.82, 2.24) is 44.2 Å². The molecule has 0 bridgehead atoms. The highest BCUT2D eigenvalue weighted by molar-refractivity contribution is 5.76. The first kappa shape index (κ1) is 16.4. The van der Waals surface area contributed by atoms with Gasteiger partial charge < -0.3 is 9.47 Å². The van der Waals surface area contributed by atoms with E-state index in [9.17, 15) is 4.79 Å². The molecule has 4 heterocycles. The van der Waals surface area contributed by atoms with Gasteiger partial charge in [0.25, 0.3) is 0 Å². The number of aryl methyl sites for hydroxylation is 2. The van der Waals surface area contributed by atoms with Gasteiger partial charge in [-0.2, -0.15) is 10.2 Å². The average Bonchev–Trinajstić information content (AvgIpc) is 3.34. The molecule has 10 nitrogen and oxygen atoms in total. The van der Waals surface area contributed by atoms with Crippen LogP contribution in [0.1, 0.15) is 31.6 Å². The molecule has 136 valence electrons. The van der Waals surface area contributed by atoms with Crippen molar-refractivity contribution in [2.45, 2.75) is 38.9 Å². The van der Waals surface area contributed by atoms with Gasteiger partial charge in [-0.1, -0.05) is 0 Å². The van der Waals surface area contributed by atoms with Crippen molar-refractivity contribution in [3.8, 4) is 11.4 Å². The van der Waals surface area contributed by atoms with Gasteiger partial charge in [0.05, 0.1) is 24.3 Å². The van der Waals surface area contributed by atoms with Gasteiger partial charge in [-0.15, -0.1) is 10.2 Å². The van der Waals surface area contributed by atoms with Crippen LogP contribution >= 0.6 is 0 Å². The molecule has 0 unspecified atom stereocenters.